The molecule has 34 heavy (non-hydrogen) atoms. The molecule has 0 aliphatic carbocycles. The number of hydrogen-bond donors (Lipinski definition) is 0. The van der Waals surface area contributed by atoms with Crippen LogP contribution in [0.1, 0.15) is 19.8 Å². The second-order valence-corrected chi connectivity index (χ2v) is 10.1. The second kappa shape index (κ2) is 8.83. The maximum Gasteiger partial charge on any atom is 0.385 e. The van der Waals surface area contributed by atoms with Gasteiger partial charge in [0.2, 0.25) is 0 Å². The molecule has 0 aromatic carbocycles. The van der Waals surface area contributed by atoms with E-state index in [-0.39, 0.29) is 25.5 Å². The molecule has 204 valence electrons. The fraction of sp³-hybridized carbons (Fsp3) is 1.00. The fourth-order valence-corrected chi connectivity index (χ4v) is 5.42. The van der Waals surface area contributed by atoms with E-state index in [1.807, 2.05) is 0 Å². The molecule has 1 aliphatic rings. The Kier molecular flexibility index (Phi) is 8.05. The lowest BCUT2D eigenvalue weighted by molar-refractivity contribution is -0.454. The third kappa shape index (κ3) is 4.25. The van der Waals surface area contributed by atoms with Crippen LogP contribution in [0.4, 0.5) is 74.6 Å². The summed E-state index contributed by atoms with van der Waals surface area (Å²) in [4.78, 5) is 0. The van der Waals surface area contributed by atoms with Crippen LogP contribution in [0.3, 0.4) is 0 Å². The molecule has 0 N–H and O–H groups in total. The average Bonchev–Trinajstić information content (AvgIpc) is 2.67. The van der Waals surface area contributed by atoms with Gasteiger partial charge in [-0.2, -0.15) is 70.2 Å². The maximum atomic E-state index is 13.9. The van der Waals surface area contributed by atoms with Gasteiger partial charge in [0.1, 0.15) is 0 Å². The van der Waals surface area contributed by atoms with Crippen molar-refractivity contribution in [2.75, 3.05) is 6.61 Å². The summed E-state index contributed by atoms with van der Waals surface area (Å²) in [6.45, 7) is -0.938. The Balaban J connectivity index is 3.52. The van der Waals surface area contributed by atoms with Gasteiger partial charge in [-0.3, -0.25) is 0 Å². The summed E-state index contributed by atoms with van der Waals surface area (Å²) in [5, 5.41) is 0. The molecule has 1 aliphatic heterocycles. The topological polar surface area (TPSA) is 9.23 Å². The first-order valence-electron chi connectivity index (χ1n) is 9.05. The zero-order valence-corrected chi connectivity index (χ0v) is 17.7. The van der Waals surface area contributed by atoms with E-state index in [1.165, 1.54) is 0 Å². The van der Waals surface area contributed by atoms with Gasteiger partial charge in [-0.25, -0.2) is 4.39 Å². The van der Waals surface area contributed by atoms with Gasteiger partial charge in [-0.15, -0.1) is 0 Å². The lowest BCUT2D eigenvalue weighted by Gasteiger charge is -2.44. The predicted octanol–water partition coefficient (Wildman–Crippen LogP) is 6.96. The standard InChI is InChI=1S/C15H15F17OSi/c1-7(16)9(19,20)11(23,24)13(27,28)15(31,32)14(29,30)12(25,26)10(21,22)8(17,18)6-34-5-3-2-4-33-34/h7,34H,2-6H2,1H3. The van der Waals surface area contributed by atoms with Crippen molar-refractivity contribution in [3.8, 4) is 0 Å². The number of halogens is 17. The largest absolute Gasteiger partial charge is 0.420 e. The van der Waals surface area contributed by atoms with Crippen LogP contribution in [0.5, 0.6) is 0 Å². The Hall–Kier alpha value is -1.01. The maximum absolute atomic E-state index is 13.9. The molecule has 0 aromatic heterocycles. The van der Waals surface area contributed by atoms with Crippen molar-refractivity contribution in [3.05, 3.63) is 0 Å². The van der Waals surface area contributed by atoms with Crippen LogP contribution in [-0.4, -0.2) is 69.2 Å². The second-order valence-electron chi connectivity index (χ2n) is 7.58. The zero-order chi connectivity index (χ0) is 27.4. The molecule has 19 heteroatoms. The Morgan fingerprint density at radius 1 is 0.618 bits per heavy atom. The highest BCUT2D eigenvalue weighted by Crippen LogP contribution is 2.64. The Bertz CT molecular complexity index is 714. The van der Waals surface area contributed by atoms with Crippen molar-refractivity contribution >= 4 is 9.04 Å². The minimum absolute atomic E-state index is 0.0612. The summed E-state index contributed by atoms with van der Waals surface area (Å²) < 4.78 is 235. The first kappa shape index (κ1) is 31.0. The molecular formula is C15H15F17OSi. The molecule has 0 spiro atoms. The van der Waals surface area contributed by atoms with Crippen molar-refractivity contribution in [1.82, 2.24) is 0 Å². The predicted molar refractivity (Wildman–Crippen MR) is 82.1 cm³/mol. The summed E-state index contributed by atoms with van der Waals surface area (Å²) in [6, 6.07) is -2.73. The van der Waals surface area contributed by atoms with Crippen LogP contribution >= 0.6 is 0 Å². The Morgan fingerprint density at radius 2 is 1.00 bits per heavy atom. The average molecular weight is 562 g/mol. The van der Waals surface area contributed by atoms with Gasteiger partial charge in [0.25, 0.3) is 0 Å². The van der Waals surface area contributed by atoms with Crippen LogP contribution in [0, 0.1) is 0 Å². The van der Waals surface area contributed by atoms with Gasteiger partial charge in [0.15, 0.2) is 15.2 Å². The summed E-state index contributed by atoms with van der Waals surface area (Å²) in [5.41, 5.74) is 0. The number of alkyl halides is 17. The third-order valence-corrected chi connectivity index (χ3v) is 7.83. The molecule has 2 unspecified atom stereocenters. The minimum Gasteiger partial charge on any atom is -0.420 e. The minimum atomic E-state index is -8.52. The summed E-state index contributed by atoms with van der Waals surface area (Å²) in [7, 11) is -3.52. The van der Waals surface area contributed by atoms with Crippen LogP contribution in [-0.2, 0) is 4.43 Å². The van der Waals surface area contributed by atoms with Crippen molar-refractivity contribution in [2.45, 2.75) is 85.4 Å². The molecule has 1 heterocycles. The smallest absolute Gasteiger partial charge is 0.385 e. The quantitative estimate of drug-likeness (QED) is 0.207. The molecule has 0 amide bonds. The first-order chi connectivity index (χ1) is 14.8. The summed E-state index contributed by atoms with van der Waals surface area (Å²) in [5.74, 6) is -62.2. The lowest BCUT2D eigenvalue weighted by atomic mass is 9.87. The van der Waals surface area contributed by atoms with Gasteiger partial charge >= 0.3 is 47.4 Å². The Labute approximate surface area is 181 Å². The van der Waals surface area contributed by atoms with Crippen LogP contribution < -0.4 is 0 Å². The van der Waals surface area contributed by atoms with Crippen molar-refractivity contribution < 1.29 is 79.1 Å². The van der Waals surface area contributed by atoms with Crippen LogP contribution in [0.2, 0.25) is 12.1 Å². The molecule has 1 rings (SSSR count). The first-order valence-corrected chi connectivity index (χ1v) is 11.2. The third-order valence-electron chi connectivity index (χ3n) is 5.11. The highest BCUT2D eigenvalue weighted by Gasteiger charge is 2.95. The zero-order valence-electron chi connectivity index (χ0n) is 16.5. The van der Waals surface area contributed by atoms with E-state index in [1.54, 1.807) is 0 Å². The van der Waals surface area contributed by atoms with Gasteiger partial charge < -0.3 is 4.43 Å². The number of hydrogen-bond acceptors (Lipinski definition) is 1. The van der Waals surface area contributed by atoms with E-state index in [9.17, 15) is 74.6 Å². The lowest BCUT2D eigenvalue weighted by Crippen LogP contribution is -2.75. The molecule has 0 aromatic rings. The molecule has 1 saturated heterocycles. The van der Waals surface area contributed by atoms with E-state index in [4.69, 9.17) is 0 Å². The van der Waals surface area contributed by atoms with Gasteiger partial charge in [0, 0.05) is 12.7 Å². The Morgan fingerprint density at radius 3 is 1.35 bits per heavy atom. The molecule has 2 atom stereocenters. The monoisotopic (exact) mass is 562 g/mol. The molecule has 0 bridgehead atoms. The normalized spacial score (nSPS) is 21.5. The van der Waals surface area contributed by atoms with Crippen LogP contribution in [0.15, 0.2) is 0 Å². The van der Waals surface area contributed by atoms with E-state index in [2.05, 4.69) is 4.43 Å². The van der Waals surface area contributed by atoms with Gasteiger partial charge in [-0.05, 0) is 19.4 Å². The summed E-state index contributed by atoms with van der Waals surface area (Å²) in [6.07, 6.45) is -4.19. The van der Waals surface area contributed by atoms with Gasteiger partial charge in [-0.1, -0.05) is 6.42 Å². The summed E-state index contributed by atoms with van der Waals surface area (Å²) >= 11 is 0. The highest BCUT2D eigenvalue weighted by molar-refractivity contribution is 6.52. The van der Waals surface area contributed by atoms with Gasteiger partial charge in [0.05, 0.1) is 0 Å². The molecule has 1 nitrogen and oxygen atoms in total. The molecule has 0 saturated carbocycles. The SMILES string of the molecule is CC(F)C(F)(F)C(F)(F)C(F)(F)C(F)(F)C(F)(F)C(F)(F)C(F)(F)C(F)(F)C[SiH]1CCCCO1. The molecule has 0 radical (unpaired) electrons. The molecular weight excluding hydrogens is 547 g/mol. The van der Waals surface area contributed by atoms with Crippen LogP contribution in [0.25, 0.3) is 0 Å². The van der Waals surface area contributed by atoms with Crippen molar-refractivity contribution in [2.24, 2.45) is 0 Å². The van der Waals surface area contributed by atoms with E-state index >= 15 is 0 Å². The van der Waals surface area contributed by atoms with E-state index < -0.39 is 75.6 Å². The highest BCUT2D eigenvalue weighted by atomic mass is 28.3. The molecule has 1 fully saturated rings. The van der Waals surface area contributed by atoms with E-state index in [0.717, 1.165) is 0 Å². The fourth-order valence-electron chi connectivity index (χ4n) is 2.86. The van der Waals surface area contributed by atoms with E-state index in [0.29, 0.717) is 0 Å². The van der Waals surface area contributed by atoms with Crippen molar-refractivity contribution in [3.63, 3.8) is 0 Å². The number of rotatable bonds is 10. The van der Waals surface area contributed by atoms with Crippen molar-refractivity contribution in [1.29, 1.82) is 0 Å².